The minimum absolute atomic E-state index is 0.00213. The lowest BCUT2D eigenvalue weighted by Gasteiger charge is -2.34. The lowest BCUT2D eigenvalue weighted by Crippen LogP contribution is -2.38. The maximum atomic E-state index is 13.2. The molecule has 2 aliphatic rings. The molecule has 1 amide bonds. The Morgan fingerprint density at radius 3 is 2.40 bits per heavy atom. The summed E-state index contributed by atoms with van der Waals surface area (Å²) in [4.78, 5) is 25.7. The van der Waals surface area contributed by atoms with Gasteiger partial charge in [0.2, 0.25) is 5.91 Å². The number of methoxy groups -OCH3 is 2. The molecule has 1 heterocycles. The number of carbonyl (C=O) groups excluding carboxylic acids is 2. The molecular formula is C23H22BrNO5. The average molecular weight is 472 g/mol. The lowest BCUT2D eigenvalue weighted by molar-refractivity contribution is -0.122. The number of phenols is 1. The topological polar surface area (TPSA) is 84.9 Å². The molecule has 30 heavy (non-hydrogen) atoms. The Kier molecular flexibility index (Phi) is 5.56. The summed E-state index contributed by atoms with van der Waals surface area (Å²) >= 11 is 3.33. The molecule has 0 spiro atoms. The van der Waals surface area contributed by atoms with Crippen LogP contribution in [0.4, 0.5) is 0 Å². The van der Waals surface area contributed by atoms with Gasteiger partial charge in [0.1, 0.15) is 5.75 Å². The number of hydrogen-bond acceptors (Lipinski definition) is 5. The van der Waals surface area contributed by atoms with E-state index >= 15 is 0 Å². The van der Waals surface area contributed by atoms with Gasteiger partial charge in [0.25, 0.3) is 0 Å². The van der Waals surface area contributed by atoms with E-state index in [-0.39, 0.29) is 35.7 Å². The molecule has 1 aliphatic carbocycles. The van der Waals surface area contributed by atoms with Gasteiger partial charge < -0.3 is 19.9 Å². The van der Waals surface area contributed by atoms with Gasteiger partial charge in [-0.05, 0) is 63.7 Å². The first kappa shape index (κ1) is 20.5. The number of ketones is 1. The Balaban J connectivity index is 1.71. The van der Waals surface area contributed by atoms with Gasteiger partial charge in [-0.1, -0.05) is 12.1 Å². The molecule has 6 nitrogen and oxygen atoms in total. The largest absolute Gasteiger partial charge is 0.503 e. The maximum Gasteiger partial charge on any atom is 0.225 e. The van der Waals surface area contributed by atoms with Crippen molar-refractivity contribution in [2.75, 3.05) is 14.2 Å². The Hall–Kier alpha value is -2.80. The standard InChI is InChI=1S/C23H22BrNO5/c1-29-15-5-3-12(4-6-15)13-8-18-22(19(26)9-13)16(11-21(27)25-18)14-7-17(24)23(28)20(10-14)30-2/h3-7,10,13,16,28H,8-9,11H2,1-2H3,(H,25,27). The number of nitrogens with one attached hydrogen (secondary N) is 1. The highest BCUT2D eigenvalue weighted by Gasteiger charge is 2.38. The van der Waals surface area contributed by atoms with Crippen LogP contribution in [0.1, 0.15) is 42.2 Å². The minimum Gasteiger partial charge on any atom is -0.503 e. The fourth-order valence-electron chi connectivity index (χ4n) is 4.31. The molecule has 1 aliphatic heterocycles. The van der Waals surface area contributed by atoms with Crippen molar-refractivity contribution in [3.05, 3.63) is 63.3 Å². The third kappa shape index (κ3) is 3.69. The number of Topliss-reactive ketones (excluding diaryl/α,β-unsaturated/α-hetero) is 1. The summed E-state index contributed by atoms with van der Waals surface area (Å²) in [5.74, 6) is 0.595. The van der Waals surface area contributed by atoms with Gasteiger partial charge in [0, 0.05) is 30.0 Å². The molecule has 0 aromatic heterocycles. The zero-order valence-electron chi connectivity index (χ0n) is 16.7. The van der Waals surface area contributed by atoms with Gasteiger partial charge in [0.05, 0.1) is 18.7 Å². The maximum absolute atomic E-state index is 13.2. The van der Waals surface area contributed by atoms with Crippen molar-refractivity contribution in [3.8, 4) is 17.2 Å². The summed E-state index contributed by atoms with van der Waals surface area (Å²) in [7, 11) is 3.08. The van der Waals surface area contributed by atoms with Crippen molar-refractivity contribution in [2.45, 2.75) is 31.1 Å². The van der Waals surface area contributed by atoms with E-state index in [4.69, 9.17) is 9.47 Å². The van der Waals surface area contributed by atoms with Crippen LogP contribution in [0.2, 0.25) is 0 Å². The minimum atomic E-state index is -0.371. The van der Waals surface area contributed by atoms with Gasteiger partial charge in [-0.15, -0.1) is 0 Å². The quantitative estimate of drug-likeness (QED) is 0.698. The Bertz CT molecular complexity index is 1040. The van der Waals surface area contributed by atoms with E-state index in [0.29, 0.717) is 34.3 Å². The molecule has 2 aromatic carbocycles. The van der Waals surface area contributed by atoms with Crippen molar-refractivity contribution in [2.24, 2.45) is 0 Å². The zero-order valence-corrected chi connectivity index (χ0v) is 18.3. The van der Waals surface area contributed by atoms with Crippen LogP contribution in [-0.2, 0) is 9.59 Å². The smallest absolute Gasteiger partial charge is 0.225 e. The van der Waals surface area contributed by atoms with Crippen LogP contribution in [0.15, 0.2) is 52.1 Å². The summed E-state index contributed by atoms with van der Waals surface area (Å²) in [5.41, 5.74) is 3.15. The molecule has 4 rings (SSSR count). The fraction of sp³-hybridized carbons (Fsp3) is 0.304. The number of benzene rings is 2. The Morgan fingerprint density at radius 1 is 1.00 bits per heavy atom. The highest BCUT2D eigenvalue weighted by molar-refractivity contribution is 9.10. The molecule has 0 radical (unpaired) electrons. The van der Waals surface area contributed by atoms with Crippen molar-refractivity contribution in [1.29, 1.82) is 0 Å². The van der Waals surface area contributed by atoms with Crippen LogP contribution < -0.4 is 14.8 Å². The number of halogens is 1. The van der Waals surface area contributed by atoms with Crippen molar-refractivity contribution >= 4 is 27.6 Å². The van der Waals surface area contributed by atoms with Crippen LogP contribution >= 0.6 is 15.9 Å². The van der Waals surface area contributed by atoms with E-state index in [1.54, 1.807) is 19.2 Å². The summed E-state index contributed by atoms with van der Waals surface area (Å²) in [6, 6.07) is 11.1. The third-order valence-electron chi connectivity index (χ3n) is 5.80. The molecule has 0 fully saturated rings. The monoisotopic (exact) mass is 471 g/mol. The van der Waals surface area contributed by atoms with Crippen LogP contribution in [0.25, 0.3) is 0 Å². The van der Waals surface area contributed by atoms with Crippen LogP contribution in [0.3, 0.4) is 0 Å². The summed E-state index contributed by atoms with van der Waals surface area (Å²) in [5, 5.41) is 13.0. The molecule has 0 saturated carbocycles. The summed E-state index contributed by atoms with van der Waals surface area (Å²) in [6.45, 7) is 0. The van der Waals surface area contributed by atoms with Gasteiger partial charge >= 0.3 is 0 Å². The second-order valence-electron chi connectivity index (χ2n) is 7.55. The molecule has 7 heteroatoms. The first-order valence-corrected chi connectivity index (χ1v) is 10.5. The lowest BCUT2D eigenvalue weighted by atomic mass is 9.73. The van der Waals surface area contributed by atoms with E-state index in [1.807, 2.05) is 24.3 Å². The van der Waals surface area contributed by atoms with Crippen molar-refractivity contribution < 1.29 is 24.2 Å². The number of aromatic hydroxyl groups is 1. The molecule has 2 aromatic rings. The van der Waals surface area contributed by atoms with E-state index in [1.165, 1.54) is 7.11 Å². The number of allylic oxidation sites excluding steroid dienone is 2. The molecule has 2 atom stereocenters. The van der Waals surface area contributed by atoms with E-state index in [0.717, 1.165) is 16.9 Å². The van der Waals surface area contributed by atoms with E-state index in [2.05, 4.69) is 21.2 Å². The van der Waals surface area contributed by atoms with Gasteiger partial charge in [-0.25, -0.2) is 0 Å². The number of rotatable bonds is 4. The molecule has 0 bridgehead atoms. The number of carbonyl (C=O) groups is 2. The Morgan fingerprint density at radius 2 is 1.73 bits per heavy atom. The highest BCUT2D eigenvalue weighted by atomic mass is 79.9. The second kappa shape index (κ2) is 8.14. The molecule has 156 valence electrons. The number of amides is 1. The molecule has 0 saturated heterocycles. The Labute approximate surface area is 183 Å². The van der Waals surface area contributed by atoms with Crippen molar-refractivity contribution in [1.82, 2.24) is 5.32 Å². The predicted octanol–water partition coefficient (Wildman–Crippen LogP) is 4.18. The highest BCUT2D eigenvalue weighted by Crippen LogP contribution is 2.45. The predicted molar refractivity (Wildman–Crippen MR) is 115 cm³/mol. The second-order valence-corrected chi connectivity index (χ2v) is 8.41. The van der Waals surface area contributed by atoms with Crippen molar-refractivity contribution in [3.63, 3.8) is 0 Å². The van der Waals surface area contributed by atoms with Gasteiger partial charge in [-0.2, -0.15) is 0 Å². The average Bonchev–Trinajstić information content (AvgIpc) is 2.74. The number of hydrogen-bond donors (Lipinski definition) is 2. The first-order valence-electron chi connectivity index (χ1n) is 9.67. The SMILES string of the molecule is COc1ccc(C2CC(=O)C3=C(C2)NC(=O)CC3c2cc(Br)c(O)c(OC)c2)cc1. The molecule has 2 N–H and O–H groups in total. The normalized spacial score (nSPS) is 21.2. The van der Waals surface area contributed by atoms with Crippen LogP contribution in [0, 0.1) is 0 Å². The van der Waals surface area contributed by atoms with Crippen LogP contribution in [0.5, 0.6) is 17.2 Å². The van der Waals surface area contributed by atoms with E-state index < -0.39 is 0 Å². The summed E-state index contributed by atoms with van der Waals surface area (Å²) < 4.78 is 10.9. The van der Waals surface area contributed by atoms with E-state index in [9.17, 15) is 14.7 Å². The fourth-order valence-corrected chi connectivity index (χ4v) is 4.77. The van der Waals surface area contributed by atoms with Gasteiger partial charge in [0.15, 0.2) is 17.3 Å². The molecule has 2 unspecified atom stereocenters. The number of phenolic OH excluding ortho intramolecular Hbond substituents is 1. The first-order chi connectivity index (χ1) is 14.4. The third-order valence-corrected chi connectivity index (χ3v) is 6.40. The van der Waals surface area contributed by atoms with Gasteiger partial charge in [-0.3, -0.25) is 9.59 Å². The van der Waals surface area contributed by atoms with Crippen LogP contribution in [-0.4, -0.2) is 31.0 Å². The zero-order chi connectivity index (χ0) is 21.4. The molecular weight excluding hydrogens is 450 g/mol. The number of ether oxygens (including phenoxy) is 2. The summed E-state index contributed by atoms with van der Waals surface area (Å²) in [6.07, 6.45) is 1.15.